The molecule has 0 amide bonds. The van der Waals surface area contributed by atoms with Gasteiger partial charge < -0.3 is 15.5 Å². The molecule has 7 nitrogen and oxygen atoms in total. The Morgan fingerprint density at radius 2 is 1.71 bits per heavy atom. The average molecular weight is 495 g/mol. The molecule has 1 fully saturated rings. The van der Waals surface area contributed by atoms with Crippen molar-refractivity contribution in [2.24, 2.45) is 4.99 Å². The van der Waals surface area contributed by atoms with E-state index in [1.54, 1.807) is 12.4 Å². The molecule has 0 unspecified atom stereocenters. The van der Waals surface area contributed by atoms with Gasteiger partial charge in [0.05, 0.1) is 6.54 Å². The molecular weight excluding hydrogens is 465 g/mol. The van der Waals surface area contributed by atoms with Crippen molar-refractivity contribution < 1.29 is 0 Å². The lowest BCUT2D eigenvalue weighted by Crippen LogP contribution is -2.49. The summed E-state index contributed by atoms with van der Waals surface area (Å²) in [4.78, 5) is 18.1. The molecule has 1 aromatic heterocycles. The fraction of sp³-hybridized carbons (Fsp3) is 0.450. The number of anilines is 1. The molecule has 3 rings (SSSR count). The summed E-state index contributed by atoms with van der Waals surface area (Å²) in [6.07, 6.45) is 3.60. The minimum atomic E-state index is 0. The summed E-state index contributed by atoms with van der Waals surface area (Å²) in [5, 5.41) is 6.75. The number of hydrogen-bond donors (Lipinski definition) is 2. The van der Waals surface area contributed by atoms with Gasteiger partial charge in [0, 0.05) is 58.2 Å². The highest BCUT2D eigenvalue weighted by Crippen LogP contribution is 2.09. The van der Waals surface area contributed by atoms with Gasteiger partial charge >= 0.3 is 0 Å². The minimum absolute atomic E-state index is 0. The largest absolute Gasteiger partial charge is 0.357 e. The van der Waals surface area contributed by atoms with Crippen LogP contribution in [-0.4, -0.2) is 66.6 Å². The van der Waals surface area contributed by atoms with Crippen LogP contribution in [0.4, 0.5) is 5.95 Å². The topological polar surface area (TPSA) is 68.7 Å². The van der Waals surface area contributed by atoms with Crippen molar-refractivity contribution in [1.82, 2.24) is 25.5 Å². The molecule has 1 aliphatic rings. The monoisotopic (exact) mass is 495 g/mol. The lowest BCUT2D eigenvalue weighted by Gasteiger charge is -2.34. The number of guanidine groups is 1. The van der Waals surface area contributed by atoms with Crippen molar-refractivity contribution in [3.63, 3.8) is 0 Å². The van der Waals surface area contributed by atoms with E-state index in [0.29, 0.717) is 6.54 Å². The van der Waals surface area contributed by atoms with Crippen molar-refractivity contribution in [3.05, 3.63) is 54.4 Å². The van der Waals surface area contributed by atoms with Gasteiger partial charge in [0.1, 0.15) is 0 Å². The van der Waals surface area contributed by atoms with E-state index in [1.807, 2.05) is 24.3 Å². The van der Waals surface area contributed by atoms with E-state index in [4.69, 9.17) is 0 Å². The van der Waals surface area contributed by atoms with Crippen LogP contribution < -0.4 is 15.5 Å². The second kappa shape index (κ2) is 12.5. The van der Waals surface area contributed by atoms with E-state index >= 15 is 0 Å². The first-order chi connectivity index (χ1) is 13.3. The number of rotatable bonds is 7. The van der Waals surface area contributed by atoms with Gasteiger partial charge in [0.25, 0.3) is 0 Å². The molecule has 0 saturated carbocycles. The van der Waals surface area contributed by atoms with Crippen LogP contribution in [0.5, 0.6) is 0 Å². The van der Waals surface area contributed by atoms with Crippen LogP contribution in [0.1, 0.15) is 12.5 Å². The van der Waals surface area contributed by atoms with Gasteiger partial charge in [-0.25, -0.2) is 15.0 Å². The lowest BCUT2D eigenvalue weighted by molar-refractivity contribution is 0.260. The van der Waals surface area contributed by atoms with Gasteiger partial charge in [0.2, 0.25) is 5.95 Å². The summed E-state index contributed by atoms with van der Waals surface area (Å²) in [5.74, 6) is 1.70. The number of piperazine rings is 1. The first kappa shape index (κ1) is 22.4. The van der Waals surface area contributed by atoms with Crippen molar-refractivity contribution in [3.8, 4) is 0 Å². The van der Waals surface area contributed by atoms with E-state index in [9.17, 15) is 0 Å². The maximum atomic E-state index is 4.67. The maximum Gasteiger partial charge on any atom is 0.225 e. The van der Waals surface area contributed by atoms with Gasteiger partial charge in [0.15, 0.2) is 5.96 Å². The van der Waals surface area contributed by atoms with E-state index in [2.05, 4.69) is 54.5 Å². The van der Waals surface area contributed by atoms with E-state index < -0.39 is 0 Å². The molecule has 1 aromatic carbocycles. The van der Waals surface area contributed by atoms with Crippen molar-refractivity contribution in [1.29, 1.82) is 0 Å². The standard InChI is InChI=1S/C20H29N7.HI/c1-2-21-19(25-17-18-7-4-3-5-8-18)22-11-12-26-13-15-27(16-14-26)20-23-9-6-10-24-20;/h3-10H,2,11-17H2,1H3,(H2,21,22,25);1H. The Morgan fingerprint density at radius 1 is 1.00 bits per heavy atom. The summed E-state index contributed by atoms with van der Waals surface area (Å²) in [5.41, 5.74) is 1.22. The van der Waals surface area contributed by atoms with Crippen LogP contribution in [0.3, 0.4) is 0 Å². The van der Waals surface area contributed by atoms with Gasteiger partial charge in [-0.1, -0.05) is 30.3 Å². The molecular formula is C20H30IN7. The SMILES string of the molecule is CCNC(=NCc1ccccc1)NCCN1CCN(c2ncccn2)CC1.I. The van der Waals surface area contributed by atoms with E-state index in [-0.39, 0.29) is 24.0 Å². The Kier molecular flexibility index (Phi) is 9.98. The predicted octanol–water partition coefficient (Wildman–Crippen LogP) is 1.97. The molecule has 0 bridgehead atoms. The van der Waals surface area contributed by atoms with Crippen LogP contribution in [0.25, 0.3) is 0 Å². The zero-order valence-electron chi connectivity index (χ0n) is 16.4. The molecule has 0 atom stereocenters. The normalized spacial score (nSPS) is 15.0. The smallest absolute Gasteiger partial charge is 0.225 e. The molecule has 0 aliphatic carbocycles. The summed E-state index contributed by atoms with van der Waals surface area (Å²) >= 11 is 0. The van der Waals surface area contributed by atoms with Crippen LogP contribution >= 0.6 is 24.0 Å². The zero-order valence-corrected chi connectivity index (χ0v) is 18.8. The molecule has 1 saturated heterocycles. The van der Waals surface area contributed by atoms with Crippen LogP contribution in [0, 0.1) is 0 Å². The zero-order chi connectivity index (χ0) is 18.7. The van der Waals surface area contributed by atoms with Gasteiger partial charge in [-0.2, -0.15) is 0 Å². The summed E-state index contributed by atoms with van der Waals surface area (Å²) in [7, 11) is 0. The van der Waals surface area contributed by atoms with Crippen LogP contribution in [0.2, 0.25) is 0 Å². The quantitative estimate of drug-likeness (QED) is 0.348. The Balaban J connectivity index is 0.00000280. The van der Waals surface area contributed by atoms with Crippen molar-refractivity contribution >= 4 is 35.9 Å². The number of nitrogens with zero attached hydrogens (tertiary/aromatic N) is 5. The van der Waals surface area contributed by atoms with Crippen molar-refractivity contribution in [2.75, 3.05) is 50.7 Å². The summed E-state index contributed by atoms with van der Waals surface area (Å²) in [6, 6.07) is 12.2. The first-order valence-electron chi connectivity index (χ1n) is 9.65. The highest BCUT2D eigenvalue weighted by Gasteiger charge is 2.18. The molecule has 0 spiro atoms. The van der Waals surface area contributed by atoms with Gasteiger partial charge in [-0.3, -0.25) is 4.90 Å². The number of aliphatic imine (C=N–C) groups is 1. The maximum absolute atomic E-state index is 4.67. The third kappa shape index (κ3) is 7.23. The highest BCUT2D eigenvalue weighted by molar-refractivity contribution is 14.0. The second-order valence-electron chi connectivity index (χ2n) is 6.49. The first-order valence-corrected chi connectivity index (χ1v) is 9.65. The third-order valence-corrected chi connectivity index (χ3v) is 4.53. The number of hydrogen-bond acceptors (Lipinski definition) is 5. The fourth-order valence-corrected chi connectivity index (χ4v) is 3.05. The molecule has 0 radical (unpaired) electrons. The Labute approximate surface area is 184 Å². The highest BCUT2D eigenvalue weighted by atomic mass is 127. The molecule has 28 heavy (non-hydrogen) atoms. The van der Waals surface area contributed by atoms with Crippen LogP contribution in [0.15, 0.2) is 53.8 Å². The third-order valence-electron chi connectivity index (χ3n) is 4.53. The summed E-state index contributed by atoms with van der Waals surface area (Å²) < 4.78 is 0. The molecule has 2 aromatic rings. The Morgan fingerprint density at radius 3 is 2.39 bits per heavy atom. The molecule has 1 aliphatic heterocycles. The van der Waals surface area contributed by atoms with Gasteiger partial charge in [-0.15, -0.1) is 24.0 Å². The average Bonchev–Trinajstić information content (AvgIpc) is 2.74. The number of nitrogens with one attached hydrogen (secondary N) is 2. The number of benzene rings is 1. The minimum Gasteiger partial charge on any atom is -0.357 e. The fourth-order valence-electron chi connectivity index (χ4n) is 3.05. The second-order valence-corrected chi connectivity index (χ2v) is 6.49. The molecule has 152 valence electrons. The van der Waals surface area contributed by atoms with E-state index in [0.717, 1.165) is 57.7 Å². The summed E-state index contributed by atoms with van der Waals surface area (Å²) in [6.45, 7) is 9.49. The lowest BCUT2D eigenvalue weighted by atomic mass is 10.2. The number of aromatic nitrogens is 2. The van der Waals surface area contributed by atoms with Crippen LogP contribution in [-0.2, 0) is 6.54 Å². The molecule has 2 N–H and O–H groups in total. The molecule has 8 heteroatoms. The van der Waals surface area contributed by atoms with E-state index in [1.165, 1.54) is 5.56 Å². The predicted molar refractivity (Wildman–Crippen MR) is 125 cm³/mol. The Hall–Kier alpha value is -1.94. The van der Waals surface area contributed by atoms with Crippen molar-refractivity contribution in [2.45, 2.75) is 13.5 Å². The molecule has 2 heterocycles. The number of halogens is 1. The Bertz CT molecular complexity index is 688. The van der Waals surface area contributed by atoms with Gasteiger partial charge in [-0.05, 0) is 18.6 Å².